The molecule has 0 saturated heterocycles. The van der Waals surface area contributed by atoms with Gasteiger partial charge in [-0.25, -0.2) is 4.39 Å². The van der Waals surface area contributed by atoms with Crippen LogP contribution in [0.3, 0.4) is 0 Å². The van der Waals surface area contributed by atoms with E-state index >= 15 is 8.63 Å². The summed E-state index contributed by atoms with van der Waals surface area (Å²) < 4.78 is 46.5. The molecule has 2 nitrogen and oxygen atoms in total. The second-order valence-electron chi connectivity index (χ2n) is 5.75. The van der Waals surface area contributed by atoms with Gasteiger partial charge in [0, 0.05) is 33.8 Å². The van der Waals surface area contributed by atoms with E-state index in [4.69, 9.17) is 0 Å². The molecule has 0 spiro atoms. The molecular formula is C16H10BBr2F3N2. The minimum absolute atomic E-state index is 0.278. The van der Waals surface area contributed by atoms with Crippen LogP contribution in [0.4, 0.5) is 13.0 Å². The molecule has 0 saturated carbocycles. The number of fused-ring (bicyclic) bond motifs is 2. The van der Waals surface area contributed by atoms with Crippen molar-refractivity contribution in [3.8, 4) is 0 Å². The number of halogens is 5. The highest BCUT2D eigenvalue weighted by molar-refractivity contribution is 9.18. The lowest BCUT2D eigenvalue weighted by atomic mass is 9.85. The first-order valence-corrected chi connectivity index (χ1v) is 8.81. The van der Waals surface area contributed by atoms with Crippen LogP contribution >= 0.6 is 31.9 Å². The van der Waals surface area contributed by atoms with E-state index in [0.717, 1.165) is 14.5 Å². The Balaban J connectivity index is 2.14. The van der Waals surface area contributed by atoms with Gasteiger partial charge in [0.25, 0.3) is 0 Å². The topological polar surface area (TPSA) is 7.94 Å². The zero-order valence-electron chi connectivity index (χ0n) is 12.4. The van der Waals surface area contributed by atoms with E-state index in [-0.39, 0.29) is 9.22 Å². The molecule has 1 aromatic carbocycles. The minimum atomic E-state index is -4.06. The van der Waals surface area contributed by atoms with Crippen LogP contribution in [0, 0.1) is 12.7 Å². The first-order valence-electron chi connectivity index (χ1n) is 7.22. The van der Waals surface area contributed by atoms with Crippen molar-refractivity contribution in [1.82, 2.24) is 4.48 Å². The fourth-order valence-electron chi connectivity index (χ4n) is 3.27. The smallest absolute Gasteiger partial charge is 0.389 e. The Kier molecular flexibility index (Phi) is 3.48. The van der Waals surface area contributed by atoms with E-state index < -0.39 is 12.8 Å². The maximum absolute atomic E-state index is 15.1. The molecule has 24 heavy (non-hydrogen) atoms. The minimum Gasteiger partial charge on any atom is -0.389 e. The molecule has 122 valence electrons. The van der Waals surface area contributed by atoms with Gasteiger partial charge in [-0.1, -0.05) is 6.07 Å². The maximum atomic E-state index is 15.1. The summed E-state index contributed by atoms with van der Waals surface area (Å²) in [5.74, 6) is -0.403. The van der Waals surface area contributed by atoms with Crippen LogP contribution in [0.1, 0.15) is 16.8 Å². The molecule has 4 rings (SSSR count). The summed E-state index contributed by atoms with van der Waals surface area (Å²) in [6.45, 7) is -2.22. The first kappa shape index (κ1) is 16.0. The van der Waals surface area contributed by atoms with Crippen LogP contribution in [-0.4, -0.2) is 20.6 Å². The van der Waals surface area contributed by atoms with Gasteiger partial charge in [-0.2, -0.15) is 0 Å². The average Bonchev–Trinajstić information content (AvgIpc) is 3.08. The third-order valence-electron chi connectivity index (χ3n) is 4.34. The molecule has 3 heterocycles. The van der Waals surface area contributed by atoms with Crippen molar-refractivity contribution in [2.24, 2.45) is 0 Å². The summed E-state index contributed by atoms with van der Waals surface area (Å²) in [6, 6.07) is 7.62. The van der Waals surface area contributed by atoms with Crippen molar-refractivity contribution in [2.75, 3.05) is 0 Å². The van der Waals surface area contributed by atoms with Gasteiger partial charge in [-0.3, -0.25) is 0 Å². The summed E-state index contributed by atoms with van der Waals surface area (Å²) >= 11 is 6.42. The molecule has 1 aromatic heterocycles. The number of aromatic nitrogens is 1. The van der Waals surface area contributed by atoms with Crippen LogP contribution in [0.25, 0.3) is 5.57 Å². The molecule has 2 aliphatic rings. The maximum Gasteiger partial charge on any atom is 0.738 e. The van der Waals surface area contributed by atoms with Crippen molar-refractivity contribution in [3.63, 3.8) is 0 Å². The van der Waals surface area contributed by atoms with Crippen LogP contribution in [0.15, 0.2) is 52.8 Å². The third-order valence-corrected chi connectivity index (χ3v) is 5.63. The van der Waals surface area contributed by atoms with Crippen LogP contribution in [0.5, 0.6) is 0 Å². The molecule has 0 bridgehead atoms. The SMILES string of the molecule is Cc1ccc(F)cc1C1=C2C=CC(Br)=[N+]2[B-](F)(F)n2c(Br)ccc21. The summed E-state index contributed by atoms with van der Waals surface area (Å²) in [6.07, 6.45) is 3.21. The van der Waals surface area contributed by atoms with Crippen molar-refractivity contribution < 1.29 is 17.5 Å². The third kappa shape index (κ3) is 2.05. The lowest BCUT2D eigenvalue weighted by molar-refractivity contribution is -0.358. The van der Waals surface area contributed by atoms with Gasteiger partial charge >= 0.3 is 6.97 Å². The fourth-order valence-corrected chi connectivity index (χ4v) is 4.41. The van der Waals surface area contributed by atoms with Gasteiger partial charge in [-0.05, 0) is 58.2 Å². The molecule has 0 unspecified atom stereocenters. The van der Waals surface area contributed by atoms with Gasteiger partial charge in [0.05, 0.1) is 10.2 Å². The Hall–Kier alpha value is -1.54. The highest BCUT2D eigenvalue weighted by Crippen LogP contribution is 2.42. The number of hydrogen-bond acceptors (Lipinski definition) is 0. The second kappa shape index (κ2) is 5.23. The van der Waals surface area contributed by atoms with Gasteiger partial charge in [0.2, 0.25) is 4.62 Å². The fraction of sp³-hybridized carbons (Fsp3) is 0.0625. The number of aryl methyl sites for hydroxylation is 1. The molecule has 0 fully saturated rings. The van der Waals surface area contributed by atoms with Crippen molar-refractivity contribution >= 4 is 49.0 Å². The summed E-state index contributed by atoms with van der Waals surface area (Å²) in [5.41, 5.74) is 2.71. The Morgan fingerprint density at radius 2 is 1.83 bits per heavy atom. The zero-order valence-corrected chi connectivity index (χ0v) is 15.6. The number of benzene rings is 1. The quantitative estimate of drug-likeness (QED) is 0.528. The molecule has 0 atom stereocenters. The Morgan fingerprint density at radius 1 is 1.08 bits per heavy atom. The van der Waals surface area contributed by atoms with E-state index in [1.165, 1.54) is 12.1 Å². The van der Waals surface area contributed by atoms with Gasteiger partial charge in [0.15, 0.2) is 5.70 Å². The number of rotatable bonds is 1. The van der Waals surface area contributed by atoms with E-state index in [1.807, 2.05) is 6.92 Å². The zero-order chi connectivity index (χ0) is 17.2. The van der Waals surface area contributed by atoms with Crippen molar-refractivity contribution in [2.45, 2.75) is 6.92 Å². The molecule has 0 aliphatic carbocycles. The van der Waals surface area contributed by atoms with Crippen molar-refractivity contribution in [1.29, 1.82) is 0 Å². The predicted octanol–water partition coefficient (Wildman–Crippen LogP) is 5.07. The molecule has 2 aliphatic heterocycles. The standard InChI is InChI=1S/C16H10BBr2F3N2/c1-9-2-3-10(20)8-11(9)16-12-4-6-14(18)23(12)17(21,22)24-13(16)5-7-15(24)19/h2-8H,1H3. The Bertz CT molecular complexity index is 989. The largest absolute Gasteiger partial charge is 0.738 e. The van der Waals surface area contributed by atoms with E-state index in [1.54, 1.807) is 30.4 Å². The summed E-state index contributed by atoms with van der Waals surface area (Å²) in [5, 5.41) is 0. The number of hydrogen-bond donors (Lipinski definition) is 0. The highest BCUT2D eigenvalue weighted by atomic mass is 79.9. The second-order valence-corrected chi connectivity index (χ2v) is 7.37. The van der Waals surface area contributed by atoms with Gasteiger partial charge < -0.3 is 17.6 Å². The van der Waals surface area contributed by atoms with Crippen LogP contribution in [-0.2, 0) is 0 Å². The summed E-state index contributed by atoms with van der Waals surface area (Å²) in [4.78, 5) is 0. The lowest BCUT2D eigenvalue weighted by Crippen LogP contribution is -2.50. The monoisotopic (exact) mass is 456 g/mol. The van der Waals surface area contributed by atoms with Crippen LogP contribution < -0.4 is 0 Å². The molecule has 0 N–H and O–H groups in total. The first-order chi connectivity index (χ1) is 11.3. The van der Waals surface area contributed by atoms with E-state index in [0.29, 0.717) is 22.5 Å². The normalized spacial score (nSPS) is 18.2. The molecule has 8 heteroatoms. The predicted molar refractivity (Wildman–Crippen MR) is 96.0 cm³/mol. The number of nitrogens with zero attached hydrogens (tertiary/aromatic N) is 2. The van der Waals surface area contributed by atoms with Gasteiger partial charge in [-0.15, -0.1) is 0 Å². The summed E-state index contributed by atoms with van der Waals surface area (Å²) in [7, 11) is 0. The molecule has 0 radical (unpaired) electrons. The van der Waals surface area contributed by atoms with Crippen molar-refractivity contribution in [3.05, 3.63) is 75.4 Å². The Morgan fingerprint density at radius 3 is 2.58 bits per heavy atom. The number of allylic oxidation sites excluding steroid dienone is 2. The molecule has 2 aromatic rings. The van der Waals surface area contributed by atoms with E-state index in [2.05, 4.69) is 31.9 Å². The highest BCUT2D eigenvalue weighted by Gasteiger charge is 2.54. The lowest BCUT2D eigenvalue weighted by Gasteiger charge is -2.32. The van der Waals surface area contributed by atoms with Gasteiger partial charge in [0.1, 0.15) is 5.82 Å². The average molecular weight is 458 g/mol. The van der Waals surface area contributed by atoms with Crippen LogP contribution in [0.2, 0.25) is 0 Å². The molecule has 0 amide bonds. The Labute approximate surface area is 153 Å². The molecular weight excluding hydrogens is 448 g/mol. The van der Waals surface area contributed by atoms with E-state index in [9.17, 15) is 4.39 Å².